The first-order chi connectivity index (χ1) is 9.12. The Morgan fingerprint density at radius 3 is 2.63 bits per heavy atom. The molecule has 0 saturated carbocycles. The van der Waals surface area contributed by atoms with E-state index in [1.54, 1.807) is 0 Å². The third-order valence-electron chi connectivity index (χ3n) is 2.18. The monoisotopic (exact) mass is 284 g/mol. The van der Waals surface area contributed by atoms with E-state index in [4.69, 9.17) is 21.1 Å². The molecule has 0 aliphatic carbocycles. The molecule has 0 amide bonds. The van der Waals surface area contributed by atoms with Gasteiger partial charge in [-0.3, -0.25) is 0 Å². The van der Waals surface area contributed by atoms with Crippen LogP contribution in [0.5, 0.6) is 11.8 Å². The van der Waals surface area contributed by atoms with Gasteiger partial charge in [0, 0.05) is 6.07 Å². The molecule has 0 spiro atoms. The first-order valence-corrected chi connectivity index (χ1v) is 5.56. The van der Waals surface area contributed by atoms with Crippen molar-refractivity contribution in [3.8, 4) is 11.8 Å². The van der Waals surface area contributed by atoms with E-state index in [2.05, 4.69) is 20.3 Å². The van der Waals surface area contributed by atoms with Gasteiger partial charge in [0.05, 0.1) is 19.9 Å². The Bertz CT molecular complexity index is 597. The molecule has 2 rings (SSSR count). The molecular formula is C11H10ClFN4O2. The minimum Gasteiger partial charge on any atom is -0.494 e. The van der Waals surface area contributed by atoms with E-state index >= 15 is 0 Å². The highest BCUT2D eigenvalue weighted by atomic mass is 35.5. The molecule has 1 aromatic heterocycles. The molecule has 0 aliphatic heterocycles. The number of rotatable bonds is 4. The van der Waals surface area contributed by atoms with E-state index in [1.807, 2.05) is 0 Å². The molecule has 1 heterocycles. The molecule has 0 bridgehead atoms. The lowest BCUT2D eigenvalue weighted by Crippen LogP contribution is -2.03. The maximum Gasteiger partial charge on any atom is 0.322 e. The van der Waals surface area contributed by atoms with Crippen molar-refractivity contribution in [1.29, 1.82) is 0 Å². The fraction of sp³-hybridized carbons (Fsp3) is 0.182. The number of hydrogen-bond acceptors (Lipinski definition) is 6. The minimum absolute atomic E-state index is 0.0181. The van der Waals surface area contributed by atoms with Gasteiger partial charge in [-0.05, 0) is 23.7 Å². The van der Waals surface area contributed by atoms with Gasteiger partial charge in [0.2, 0.25) is 11.2 Å². The van der Waals surface area contributed by atoms with E-state index in [0.29, 0.717) is 11.4 Å². The Morgan fingerprint density at radius 2 is 1.95 bits per heavy atom. The van der Waals surface area contributed by atoms with Gasteiger partial charge in [-0.15, -0.1) is 0 Å². The summed E-state index contributed by atoms with van der Waals surface area (Å²) in [4.78, 5) is 11.6. The molecule has 0 atom stereocenters. The number of hydrogen-bond donors (Lipinski definition) is 1. The highest BCUT2D eigenvalue weighted by Crippen LogP contribution is 2.27. The van der Waals surface area contributed by atoms with Crippen molar-refractivity contribution in [1.82, 2.24) is 15.0 Å². The Labute approximate surface area is 113 Å². The van der Waals surface area contributed by atoms with Gasteiger partial charge in [-0.25, -0.2) is 4.39 Å². The van der Waals surface area contributed by atoms with Crippen LogP contribution in [-0.4, -0.2) is 29.2 Å². The van der Waals surface area contributed by atoms with Crippen LogP contribution in [0, 0.1) is 5.82 Å². The molecule has 2 aromatic rings. The van der Waals surface area contributed by atoms with Crippen LogP contribution in [0.4, 0.5) is 16.0 Å². The second-order valence-electron chi connectivity index (χ2n) is 3.38. The number of ether oxygens (including phenoxy) is 2. The largest absolute Gasteiger partial charge is 0.494 e. The van der Waals surface area contributed by atoms with Crippen LogP contribution in [0.15, 0.2) is 18.2 Å². The lowest BCUT2D eigenvalue weighted by molar-refractivity contribution is 0.379. The van der Waals surface area contributed by atoms with Crippen molar-refractivity contribution >= 4 is 23.2 Å². The zero-order valence-corrected chi connectivity index (χ0v) is 10.9. The van der Waals surface area contributed by atoms with Gasteiger partial charge in [0.15, 0.2) is 0 Å². The maximum atomic E-state index is 13.1. The molecule has 0 unspecified atom stereocenters. The highest BCUT2D eigenvalue weighted by Gasteiger charge is 2.09. The van der Waals surface area contributed by atoms with Crippen molar-refractivity contribution in [2.45, 2.75) is 0 Å². The predicted molar refractivity (Wildman–Crippen MR) is 67.6 cm³/mol. The molecular weight excluding hydrogens is 275 g/mol. The third kappa shape index (κ3) is 3.19. The van der Waals surface area contributed by atoms with Gasteiger partial charge in [-0.2, -0.15) is 15.0 Å². The van der Waals surface area contributed by atoms with Gasteiger partial charge < -0.3 is 14.8 Å². The van der Waals surface area contributed by atoms with Crippen molar-refractivity contribution in [3.05, 3.63) is 29.3 Å². The zero-order chi connectivity index (χ0) is 13.8. The van der Waals surface area contributed by atoms with Crippen LogP contribution < -0.4 is 14.8 Å². The average Bonchev–Trinajstić information content (AvgIpc) is 2.40. The molecule has 0 radical (unpaired) electrons. The van der Waals surface area contributed by atoms with Crippen LogP contribution >= 0.6 is 11.6 Å². The fourth-order valence-electron chi connectivity index (χ4n) is 1.37. The van der Waals surface area contributed by atoms with E-state index < -0.39 is 5.82 Å². The minimum atomic E-state index is -0.409. The summed E-state index contributed by atoms with van der Waals surface area (Å²) in [6, 6.07) is 4.09. The number of nitrogens with one attached hydrogen (secondary N) is 1. The smallest absolute Gasteiger partial charge is 0.322 e. The van der Waals surface area contributed by atoms with Gasteiger partial charge >= 0.3 is 6.01 Å². The van der Waals surface area contributed by atoms with Crippen molar-refractivity contribution in [2.24, 2.45) is 0 Å². The van der Waals surface area contributed by atoms with E-state index in [0.717, 1.165) is 0 Å². The summed E-state index contributed by atoms with van der Waals surface area (Å²) >= 11 is 5.72. The quantitative estimate of drug-likeness (QED) is 0.930. The molecule has 1 aromatic carbocycles. The van der Waals surface area contributed by atoms with Crippen molar-refractivity contribution in [3.63, 3.8) is 0 Å². The maximum absolute atomic E-state index is 13.1. The summed E-state index contributed by atoms with van der Waals surface area (Å²) in [6.45, 7) is 0. The van der Waals surface area contributed by atoms with Gasteiger partial charge in [0.25, 0.3) is 0 Å². The fourth-order valence-corrected chi connectivity index (χ4v) is 1.52. The van der Waals surface area contributed by atoms with Crippen molar-refractivity contribution in [2.75, 3.05) is 19.5 Å². The Balaban J connectivity index is 2.33. The third-order valence-corrected chi connectivity index (χ3v) is 2.35. The predicted octanol–water partition coefficient (Wildman–Crippen LogP) is 2.42. The molecule has 8 heteroatoms. The standard InChI is InChI=1S/C11H10ClFN4O2/c1-18-8-5-6(13)3-4-7(8)14-10-15-9(12)16-11(17-10)19-2/h3-5H,1-2H3,(H,14,15,16,17). The molecule has 1 N–H and O–H groups in total. The molecule has 19 heavy (non-hydrogen) atoms. The zero-order valence-electron chi connectivity index (χ0n) is 10.1. The Kier molecular flexibility index (Phi) is 3.96. The van der Waals surface area contributed by atoms with Gasteiger partial charge in [-0.1, -0.05) is 0 Å². The normalized spacial score (nSPS) is 10.1. The lowest BCUT2D eigenvalue weighted by Gasteiger charge is -2.10. The lowest BCUT2D eigenvalue weighted by atomic mass is 10.3. The summed E-state index contributed by atoms with van der Waals surface area (Å²) in [7, 11) is 2.84. The molecule has 0 aliphatic rings. The second kappa shape index (κ2) is 5.66. The van der Waals surface area contributed by atoms with Crippen LogP contribution in [0.1, 0.15) is 0 Å². The highest BCUT2D eigenvalue weighted by molar-refractivity contribution is 6.28. The number of anilines is 2. The number of benzene rings is 1. The van der Waals surface area contributed by atoms with Crippen LogP contribution in [0.2, 0.25) is 5.28 Å². The van der Waals surface area contributed by atoms with Crippen LogP contribution in [0.3, 0.4) is 0 Å². The average molecular weight is 285 g/mol. The summed E-state index contributed by atoms with van der Waals surface area (Å²) in [5.41, 5.74) is 0.494. The SMILES string of the molecule is COc1nc(Cl)nc(Nc2ccc(F)cc2OC)n1. The van der Waals surface area contributed by atoms with Crippen LogP contribution in [-0.2, 0) is 0 Å². The topological polar surface area (TPSA) is 69.2 Å². The van der Waals surface area contributed by atoms with E-state index in [9.17, 15) is 4.39 Å². The number of nitrogens with zero attached hydrogens (tertiary/aromatic N) is 3. The summed E-state index contributed by atoms with van der Waals surface area (Å²) in [6.07, 6.45) is 0. The Hall–Kier alpha value is -2.15. The summed E-state index contributed by atoms with van der Waals surface area (Å²) in [5.74, 6) is 0.0749. The first-order valence-electron chi connectivity index (χ1n) is 5.18. The molecule has 6 nitrogen and oxygen atoms in total. The van der Waals surface area contributed by atoms with E-state index in [1.165, 1.54) is 32.4 Å². The van der Waals surface area contributed by atoms with Crippen molar-refractivity contribution < 1.29 is 13.9 Å². The summed E-state index contributed by atoms with van der Waals surface area (Å²) < 4.78 is 23.0. The molecule has 100 valence electrons. The van der Waals surface area contributed by atoms with E-state index in [-0.39, 0.29) is 17.2 Å². The molecule has 0 saturated heterocycles. The number of aromatic nitrogens is 3. The van der Waals surface area contributed by atoms with Crippen LogP contribution in [0.25, 0.3) is 0 Å². The number of methoxy groups -OCH3 is 2. The van der Waals surface area contributed by atoms with Gasteiger partial charge in [0.1, 0.15) is 11.6 Å². The first kappa shape index (κ1) is 13.3. The second-order valence-corrected chi connectivity index (χ2v) is 3.72. The summed E-state index contributed by atoms with van der Waals surface area (Å²) in [5, 5.41) is 2.83. The Morgan fingerprint density at radius 1 is 1.16 bits per heavy atom. The number of halogens is 2. The molecule has 0 fully saturated rings.